The monoisotopic (exact) mass is 250 g/mol. The van der Waals surface area contributed by atoms with Crippen LogP contribution in [0.5, 0.6) is 5.75 Å². The minimum atomic E-state index is 0.174. The normalized spacial score (nSPS) is 13.1. The molecule has 0 bridgehead atoms. The van der Waals surface area contributed by atoms with Crippen molar-refractivity contribution in [3.05, 3.63) is 29.8 Å². The number of hydrogen-bond donors (Lipinski definition) is 1. The quantitative estimate of drug-likeness (QED) is 0.808. The topological polar surface area (TPSA) is 38.5 Å². The van der Waals surface area contributed by atoms with Gasteiger partial charge in [0.05, 0.1) is 6.61 Å². The van der Waals surface area contributed by atoms with Crippen LogP contribution in [0.1, 0.15) is 31.7 Å². The van der Waals surface area contributed by atoms with Gasteiger partial charge < -0.3 is 15.4 Å². The number of benzene rings is 1. The minimum absolute atomic E-state index is 0.174. The van der Waals surface area contributed by atoms with Gasteiger partial charge in [-0.2, -0.15) is 0 Å². The highest BCUT2D eigenvalue weighted by molar-refractivity contribution is 5.30. The van der Waals surface area contributed by atoms with Gasteiger partial charge in [0.25, 0.3) is 0 Å². The van der Waals surface area contributed by atoms with E-state index in [2.05, 4.69) is 30.9 Å². The van der Waals surface area contributed by atoms with Crippen LogP contribution in [0, 0.1) is 0 Å². The van der Waals surface area contributed by atoms with E-state index in [9.17, 15) is 0 Å². The number of rotatable bonds is 7. The summed E-state index contributed by atoms with van der Waals surface area (Å²) in [5.74, 6) is 1.47. The predicted octanol–water partition coefficient (Wildman–Crippen LogP) is 2.47. The third-order valence-corrected chi connectivity index (χ3v) is 2.88. The van der Waals surface area contributed by atoms with Crippen LogP contribution < -0.4 is 10.5 Å². The van der Waals surface area contributed by atoms with Crippen molar-refractivity contribution < 1.29 is 4.74 Å². The third kappa shape index (κ3) is 5.52. The zero-order chi connectivity index (χ0) is 13.5. The van der Waals surface area contributed by atoms with Gasteiger partial charge in [0.2, 0.25) is 0 Å². The molecule has 3 heteroatoms. The summed E-state index contributed by atoms with van der Waals surface area (Å²) in [4.78, 5) is 2.10. The maximum absolute atomic E-state index is 6.00. The highest BCUT2D eigenvalue weighted by Gasteiger charge is 2.05. The number of likely N-dealkylation sites (N-methyl/N-ethyl adjacent to an activating group) is 1. The molecule has 0 spiro atoms. The Morgan fingerprint density at radius 3 is 2.61 bits per heavy atom. The number of nitrogens with two attached hydrogens (primary N) is 1. The van der Waals surface area contributed by atoms with Crippen molar-refractivity contribution in [1.29, 1.82) is 0 Å². The molecule has 3 nitrogen and oxygen atoms in total. The molecule has 0 radical (unpaired) electrons. The van der Waals surface area contributed by atoms with Crippen LogP contribution >= 0.6 is 0 Å². The fraction of sp³-hybridized carbons (Fsp3) is 0.600. The lowest BCUT2D eigenvalue weighted by Crippen LogP contribution is -2.34. The molecule has 1 rings (SSSR count). The fourth-order valence-corrected chi connectivity index (χ4v) is 1.85. The van der Waals surface area contributed by atoms with E-state index in [-0.39, 0.29) is 6.04 Å². The first kappa shape index (κ1) is 15.0. The van der Waals surface area contributed by atoms with Crippen LogP contribution in [0.3, 0.4) is 0 Å². The van der Waals surface area contributed by atoms with Crippen LogP contribution in [0.4, 0.5) is 0 Å². The van der Waals surface area contributed by atoms with Gasteiger partial charge in [-0.25, -0.2) is 0 Å². The first-order valence-electron chi connectivity index (χ1n) is 6.62. The first-order chi connectivity index (χ1) is 8.49. The maximum Gasteiger partial charge on any atom is 0.119 e. The smallest absolute Gasteiger partial charge is 0.119 e. The lowest BCUT2D eigenvalue weighted by atomic mass is 10.0. The molecule has 18 heavy (non-hydrogen) atoms. The Labute approximate surface area is 111 Å². The Bertz CT molecular complexity index is 350. The van der Waals surface area contributed by atoms with Crippen LogP contribution in [-0.2, 0) is 0 Å². The molecule has 0 saturated carbocycles. The Balaban J connectivity index is 2.37. The zero-order valence-corrected chi connectivity index (χ0v) is 12.0. The molecule has 1 aromatic carbocycles. The predicted molar refractivity (Wildman–Crippen MR) is 77.2 cm³/mol. The van der Waals surface area contributed by atoms with Gasteiger partial charge in [-0.1, -0.05) is 26.0 Å². The highest BCUT2D eigenvalue weighted by atomic mass is 16.5. The molecule has 0 aliphatic rings. The summed E-state index contributed by atoms with van der Waals surface area (Å²) in [6, 6.07) is 8.47. The minimum Gasteiger partial charge on any atom is -0.494 e. The van der Waals surface area contributed by atoms with E-state index in [0.29, 0.717) is 12.5 Å². The van der Waals surface area contributed by atoms with Crippen molar-refractivity contribution in [3.63, 3.8) is 0 Å². The van der Waals surface area contributed by atoms with Crippen molar-refractivity contribution in [3.8, 4) is 5.75 Å². The van der Waals surface area contributed by atoms with Crippen molar-refractivity contribution in [2.45, 2.75) is 32.2 Å². The van der Waals surface area contributed by atoms with Crippen molar-refractivity contribution in [2.75, 3.05) is 27.2 Å². The molecule has 2 N–H and O–H groups in total. The molecular weight excluding hydrogens is 224 g/mol. The van der Waals surface area contributed by atoms with E-state index in [1.54, 1.807) is 0 Å². The van der Waals surface area contributed by atoms with E-state index in [0.717, 1.165) is 18.7 Å². The van der Waals surface area contributed by atoms with Crippen molar-refractivity contribution in [2.24, 2.45) is 5.73 Å². The van der Waals surface area contributed by atoms with Gasteiger partial charge in [-0.3, -0.25) is 0 Å². The third-order valence-electron chi connectivity index (χ3n) is 2.88. The molecule has 0 amide bonds. The average molecular weight is 250 g/mol. The number of nitrogens with zero attached hydrogens (tertiary/aromatic N) is 1. The number of hydrogen-bond acceptors (Lipinski definition) is 3. The molecular formula is C15H26N2O. The summed E-state index contributed by atoms with van der Waals surface area (Å²) in [5.41, 5.74) is 7.31. The summed E-state index contributed by atoms with van der Waals surface area (Å²) in [6.45, 7) is 5.95. The summed E-state index contributed by atoms with van der Waals surface area (Å²) >= 11 is 0. The molecule has 1 unspecified atom stereocenters. The molecule has 1 aromatic rings. The molecule has 0 aromatic heterocycles. The van der Waals surface area contributed by atoms with Gasteiger partial charge in [-0.05, 0) is 44.1 Å². The van der Waals surface area contributed by atoms with Crippen molar-refractivity contribution in [1.82, 2.24) is 4.90 Å². The van der Waals surface area contributed by atoms with Crippen LogP contribution in [0.2, 0.25) is 0 Å². The largest absolute Gasteiger partial charge is 0.494 e. The highest BCUT2D eigenvalue weighted by Crippen LogP contribution is 2.20. The van der Waals surface area contributed by atoms with Crippen LogP contribution in [-0.4, -0.2) is 38.2 Å². The molecule has 0 heterocycles. The molecule has 0 aliphatic carbocycles. The molecule has 102 valence electrons. The molecule has 0 fully saturated rings. The van der Waals surface area contributed by atoms with Crippen LogP contribution in [0.15, 0.2) is 24.3 Å². The second kappa shape index (κ2) is 7.39. The standard InChI is InChI=1S/C15H26N2O/c1-12(2)13-6-5-7-15(10-13)18-9-8-14(16)11-17(3)4/h5-7,10,12,14H,8-9,11,16H2,1-4H3. The summed E-state index contributed by atoms with van der Waals surface area (Å²) in [6.07, 6.45) is 0.879. The molecule has 0 aliphatic heterocycles. The lowest BCUT2D eigenvalue weighted by molar-refractivity contribution is 0.276. The van der Waals surface area contributed by atoms with E-state index < -0.39 is 0 Å². The van der Waals surface area contributed by atoms with Gasteiger partial charge in [-0.15, -0.1) is 0 Å². The second-order valence-corrected chi connectivity index (χ2v) is 5.39. The van der Waals surface area contributed by atoms with Gasteiger partial charge in [0.1, 0.15) is 5.75 Å². The number of ether oxygens (including phenoxy) is 1. The Hall–Kier alpha value is -1.06. The van der Waals surface area contributed by atoms with E-state index in [1.807, 2.05) is 26.2 Å². The van der Waals surface area contributed by atoms with Gasteiger partial charge >= 0.3 is 0 Å². The Morgan fingerprint density at radius 1 is 1.28 bits per heavy atom. The van der Waals surface area contributed by atoms with E-state index in [4.69, 9.17) is 10.5 Å². The molecule has 0 saturated heterocycles. The van der Waals surface area contributed by atoms with Gasteiger partial charge in [0, 0.05) is 12.6 Å². The summed E-state index contributed by atoms with van der Waals surface area (Å²) in [5, 5.41) is 0. The first-order valence-corrected chi connectivity index (χ1v) is 6.62. The van der Waals surface area contributed by atoms with Gasteiger partial charge in [0.15, 0.2) is 0 Å². The average Bonchev–Trinajstić information content (AvgIpc) is 2.28. The maximum atomic E-state index is 6.00. The SMILES string of the molecule is CC(C)c1cccc(OCCC(N)CN(C)C)c1. The Kier molecular flexibility index (Phi) is 6.16. The molecule has 1 atom stereocenters. The fourth-order valence-electron chi connectivity index (χ4n) is 1.85. The van der Waals surface area contributed by atoms with Crippen molar-refractivity contribution >= 4 is 0 Å². The van der Waals surface area contributed by atoms with E-state index >= 15 is 0 Å². The zero-order valence-electron chi connectivity index (χ0n) is 12.0. The lowest BCUT2D eigenvalue weighted by Gasteiger charge is -2.17. The Morgan fingerprint density at radius 2 is 2.00 bits per heavy atom. The van der Waals surface area contributed by atoms with Crippen LogP contribution in [0.25, 0.3) is 0 Å². The van der Waals surface area contributed by atoms with E-state index in [1.165, 1.54) is 5.56 Å². The summed E-state index contributed by atoms with van der Waals surface area (Å²) < 4.78 is 5.75. The second-order valence-electron chi connectivity index (χ2n) is 5.39. The summed E-state index contributed by atoms with van der Waals surface area (Å²) in [7, 11) is 4.07.